The second-order valence-electron chi connectivity index (χ2n) is 6.55. The standard InChI is InChI=1S/C21H33ClN4O/c1-16-4-3-5-19(20(16)22)26-14-12-25(13-15-26)11-10-17-6-8-18(9-7-17)24-21(27)23-2/h3-5,17-18H,6-15H2,1-2H3,(H2,23,24,27)/t17-,18-/i10D2,11D2,12D2,13D2,14D2,15D2. The summed E-state index contributed by atoms with van der Waals surface area (Å²) in [6.45, 7) is -16.0. The van der Waals surface area contributed by atoms with E-state index in [0.29, 0.717) is 5.56 Å². The molecule has 0 atom stereocenters. The average Bonchev–Trinajstić information content (AvgIpc) is 2.80. The van der Waals surface area contributed by atoms with Gasteiger partial charge in [-0.15, -0.1) is 0 Å². The van der Waals surface area contributed by atoms with E-state index in [4.69, 9.17) is 28.1 Å². The maximum absolute atomic E-state index is 11.6. The van der Waals surface area contributed by atoms with Crippen molar-refractivity contribution in [3.8, 4) is 0 Å². The Labute approximate surface area is 185 Å². The lowest BCUT2D eigenvalue weighted by atomic mass is 9.84. The number of piperazine rings is 1. The molecular weight excluding hydrogens is 360 g/mol. The molecule has 27 heavy (non-hydrogen) atoms. The molecule has 3 rings (SSSR count). The fourth-order valence-corrected chi connectivity index (χ4v) is 3.24. The number of nitrogens with zero attached hydrogens (tertiary/aromatic N) is 2. The normalized spacial score (nSPS) is 39.0. The van der Waals surface area contributed by atoms with E-state index in [1.807, 2.05) is 0 Å². The van der Waals surface area contributed by atoms with Crippen LogP contribution < -0.4 is 15.5 Å². The van der Waals surface area contributed by atoms with Crippen LogP contribution in [-0.4, -0.2) is 56.5 Å². The third-order valence-corrected chi connectivity index (χ3v) is 5.12. The Bertz CT molecular complexity index is 1070. The van der Waals surface area contributed by atoms with Crippen molar-refractivity contribution in [1.29, 1.82) is 0 Å². The minimum Gasteiger partial charge on any atom is -0.368 e. The summed E-state index contributed by atoms with van der Waals surface area (Å²) in [7, 11) is 1.44. The predicted molar refractivity (Wildman–Crippen MR) is 113 cm³/mol. The summed E-state index contributed by atoms with van der Waals surface area (Å²) >= 11 is 6.32. The number of amides is 2. The average molecular weight is 405 g/mol. The van der Waals surface area contributed by atoms with E-state index in [9.17, 15) is 4.79 Å². The van der Waals surface area contributed by atoms with E-state index in [-0.39, 0.29) is 52.2 Å². The van der Waals surface area contributed by atoms with Gasteiger partial charge in [0.2, 0.25) is 0 Å². The number of hydrogen-bond donors (Lipinski definition) is 2. The lowest BCUT2D eigenvalue weighted by Crippen LogP contribution is -2.47. The number of anilines is 1. The monoisotopic (exact) mass is 404 g/mol. The molecule has 1 heterocycles. The first-order valence-corrected chi connectivity index (χ1v) is 9.32. The van der Waals surface area contributed by atoms with Gasteiger partial charge in [0, 0.05) is 50.0 Å². The van der Waals surface area contributed by atoms with Crippen molar-refractivity contribution in [2.45, 2.75) is 45.0 Å². The van der Waals surface area contributed by atoms with E-state index in [0.717, 1.165) is 0 Å². The van der Waals surface area contributed by atoms with E-state index in [1.165, 1.54) is 19.2 Å². The highest BCUT2D eigenvalue weighted by atomic mass is 35.5. The predicted octanol–water partition coefficient (Wildman–Crippen LogP) is 3.65. The number of urea groups is 1. The summed E-state index contributed by atoms with van der Waals surface area (Å²) in [5.41, 5.74) is 0.0714. The van der Waals surface area contributed by atoms with Crippen LogP contribution in [0.3, 0.4) is 0 Å². The maximum Gasteiger partial charge on any atom is 0.314 e. The molecular formula is C21H33ClN4O. The molecule has 2 fully saturated rings. The van der Waals surface area contributed by atoms with Gasteiger partial charge in [0.15, 0.2) is 0 Å². The van der Waals surface area contributed by atoms with Crippen molar-refractivity contribution in [3.63, 3.8) is 0 Å². The first-order chi connectivity index (χ1) is 17.6. The molecule has 2 amide bonds. The molecule has 1 aliphatic carbocycles. The summed E-state index contributed by atoms with van der Waals surface area (Å²) < 4.78 is 104. The third-order valence-electron chi connectivity index (χ3n) is 4.63. The number of carbonyl (C=O) groups excluding carboxylic acids is 1. The van der Waals surface area contributed by atoms with Crippen molar-refractivity contribution >= 4 is 23.3 Å². The largest absolute Gasteiger partial charge is 0.368 e. The molecule has 0 bridgehead atoms. The molecule has 0 radical (unpaired) electrons. The van der Waals surface area contributed by atoms with Crippen molar-refractivity contribution in [2.24, 2.45) is 5.92 Å². The van der Waals surface area contributed by atoms with Gasteiger partial charge in [0.05, 0.1) is 16.2 Å². The summed E-state index contributed by atoms with van der Waals surface area (Å²) in [6, 6.07) is 3.48. The zero-order valence-electron chi connectivity index (χ0n) is 27.4. The van der Waals surface area contributed by atoms with Gasteiger partial charge < -0.3 is 15.5 Å². The van der Waals surface area contributed by atoms with Crippen LogP contribution in [-0.2, 0) is 0 Å². The molecule has 0 unspecified atom stereocenters. The highest BCUT2D eigenvalue weighted by Crippen LogP contribution is 2.30. The second kappa shape index (κ2) is 9.65. The minimum atomic E-state index is -3.59. The van der Waals surface area contributed by atoms with Crippen molar-refractivity contribution in [3.05, 3.63) is 28.8 Å². The maximum atomic E-state index is 11.6. The van der Waals surface area contributed by atoms with Gasteiger partial charge in [-0.3, -0.25) is 4.90 Å². The summed E-state index contributed by atoms with van der Waals surface area (Å²) in [4.78, 5) is 11.6. The van der Waals surface area contributed by atoms with Crippen LogP contribution in [0.1, 0.15) is 54.1 Å². The fraction of sp³-hybridized carbons (Fsp3) is 0.667. The van der Waals surface area contributed by atoms with E-state index >= 15 is 0 Å². The number of halogens is 1. The Hall–Kier alpha value is -1.46. The van der Waals surface area contributed by atoms with Gasteiger partial charge in [-0.1, -0.05) is 23.7 Å². The molecule has 1 aromatic carbocycles. The van der Waals surface area contributed by atoms with Crippen LogP contribution in [0.25, 0.3) is 0 Å². The Morgan fingerprint density at radius 3 is 2.63 bits per heavy atom. The first kappa shape index (κ1) is 9.84. The molecule has 2 N–H and O–H groups in total. The van der Waals surface area contributed by atoms with Gasteiger partial charge in [0.1, 0.15) is 0 Å². The van der Waals surface area contributed by atoms with E-state index in [1.54, 1.807) is 13.0 Å². The first-order valence-electron chi connectivity index (χ1n) is 14.9. The van der Waals surface area contributed by atoms with Crippen LogP contribution in [0.2, 0.25) is 5.02 Å². The van der Waals surface area contributed by atoms with Crippen LogP contribution in [0.15, 0.2) is 18.2 Å². The highest BCUT2D eigenvalue weighted by Gasteiger charge is 2.24. The Kier molecular flexibility index (Phi) is 3.52. The van der Waals surface area contributed by atoms with E-state index < -0.39 is 50.8 Å². The van der Waals surface area contributed by atoms with Crippen LogP contribution in [0.4, 0.5) is 10.5 Å². The fourth-order valence-electron chi connectivity index (χ4n) is 3.03. The van der Waals surface area contributed by atoms with Gasteiger partial charge in [-0.2, -0.15) is 0 Å². The second-order valence-corrected chi connectivity index (χ2v) is 6.93. The van der Waals surface area contributed by atoms with Gasteiger partial charge in [-0.25, -0.2) is 4.79 Å². The Balaban J connectivity index is 2.07. The lowest BCUT2D eigenvalue weighted by Gasteiger charge is -2.37. The lowest BCUT2D eigenvalue weighted by molar-refractivity contribution is 0.206. The molecule has 6 heteroatoms. The third kappa shape index (κ3) is 5.52. The van der Waals surface area contributed by atoms with Crippen molar-refractivity contribution in [2.75, 3.05) is 44.4 Å². The topological polar surface area (TPSA) is 47.6 Å². The summed E-state index contributed by atoms with van der Waals surface area (Å²) in [5.74, 6) is -1.05. The molecule has 150 valence electrons. The van der Waals surface area contributed by atoms with Crippen LogP contribution >= 0.6 is 11.6 Å². The Morgan fingerprint density at radius 2 is 1.96 bits per heavy atom. The number of benzene rings is 1. The number of nitrogens with one attached hydrogen (secondary N) is 2. The summed E-state index contributed by atoms with van der Waals surface area (Å²) in [6.07, 6.45) is -2.22. The zero-order valence-corrected chi connectivity index (χ0v) is 16.2. The van der Waals surface area contributed by atoms with E-state index in [2.05, 4.69) is 10.6 Å². The van der Waals surface area contributed by atoms with Crippen molar-refractivity contribution in [1.82, 2.24) is 15.5 Å². The smallest absolute Gasteiger partial charge is 0.314 e. The van der Waals surface area contributed by atoms with Crippen LogP contribution in [0.5, 0.6) is 0 Å². The summed E-state index contributed by atoms with van der Waals surface area (Å²) in [5, 5.41) is 4.99. The minimum absolute atomic E-state index is 0.0752. The molecule has 1 saturated carbocycles. The number of rotatable bonds is 5. The quantitative estimate of drug-likeness (QED) is 0.787. The van der Waals surface area contributed by atoms with Crippen molar-refractivity contribution < 1.29 is 21.2 Å². The molecule has 0 spiro atoms. The number of aryl methyl sites for hydroxylation is 1. The molecule has 1 aromatic rings. The number of hydrogen-bond acceptors (Lipinski definition) is 3. The molecule has 2 aliphatic rings. The van der Waals surface area contributed by atoms with Crippen LogP contribution in [0, 0.1) is 12.8 Å². The zero-order chi connectivity index (χ0) is 30.0. The SMILES string of the molecule is [2H]C1([2H])N(c2cccc(C)c2Cl)C([2H])([2H])C([2H])([2H])N(C([2H])([2H])C([2H])([2H])[C@H]2CC[C@H](NC(=O)NC)CC2)C1([2H])[2H]. The molecule has 5 nitrogen and oxygen atoms in total. The molecule has 0 aromatic heterocycles. The van der Waals surface area contributed by atoms with Gasteiger partial charge in [-0.05, 0) is 63.0 Å². The van der Waals surface area contributed by atoms with Gasteiger partial charge >= 0.3 is 6.03 Å². The molecule has 1 saturated heterocycles. The number of carbonyl (C=O) groups is 1. The molecule has 1 aliphatic heterocycles. The Morgan fingerprint density at radius 1 is 1.26 bits per heavy atom. The highest BCUT2D eigenvalue weighted by molar-refractivity contribution is 6.34. The van der Waals surface area contributed by atoms with Gasteiger partial charge in [0.25, 0.3) is 0 Å².